The largest absolute Gasteiger partial charge is 0.455 e. The Morgan fingerprint density at radius 2 is 0.935 bits per heavy atom. The highest BCUT2D eigenvalue weighted by atomic mass is 32.1. The summed E-state index contributed by atoms with van der Waals surface area (Å²) in [6.45, 7) is 0. The van der Waals surface area contributed by atoms with Gasteiger partial charge in [0, 0.05) is 42.1 Å². The molecule has 212 valence electrons. The van der Waals surface area contributed by atoms with Crippen molar-refractivity contribution in [1.82, 2.24) is 0 Å². The molecule has 11 rings (SSSR count). The second-order valence-corrected chi connectivity index (χ2v) is 13.4. The second-order valence-electron chi connectivity index (χ2n) is 12.3. The predicted molar refractivity (Wildman–Crippen MR) is 199 cm³/mol. The fraction of sp³-hybridized carbons (Fsp3) is 0. The molecule has 0 radical (unpaired) electrons. The van der Waals surface area contributed by atoms with Crippen LogP contribution in [0.3, 0.4) is 0 Å². The molecule has 0 unspecified atom stereocenters. The molecule has 11 aromatic rings. The van der Waals surface area contributed by atoms with E-state index in [9.17, 15) is 0 Å². The molecule has 0 saturated carbocycles. The summed E-state index contributed by atoms with van der Waals surface area (Å²) in [5.74, 6) is 0. The maximum Gasteiger partial charge on any atom is 0.143 e. The van der Waals surface area contributed by atoms with Crippen molar-refractivity contribution in [2.75, 3.05) is 0 Å². The average molecular weight is 601 g/mol. The van der Waals surface area contributed by atoms with Crippen LogP contribution in [0.2, 0.25) is 0 Å². The topological polar surface area (TPSA) is 13.1 Å². The fourth-order valence-electron chi connectivity index (χ4n) is 8.14. The summed E-state index contributed by atoms with van der Waals surface area (Å²) in [6.07, 6.45) is 0. The molecule has 46 heavy (non-hydrogen) atoms. The molecule has 0 spiro atoms. The lowest BCUT2D eigenvalue weighted by molar-refractivity contribution is 0.670. The molecule has 1 nitrogen and oxygen atoms in total. The normalized spacial score (nSPS) is 12.3. The van der Waals surface area contributed by atoms with Crippen LogP contribution in [0.15, 0.2) is 150 Å². The van der Waals surface area contributed by atoms with E-state index in [4.69, 9.17) is 4.42 Å². The summed E-state index contributed by atoms with van der Waals surface area (Å²) >= 11 is 1.89. The van der Waals surface area contributed by atoms with Crippen molar-refractivity contribution in [2.45, 2.75) is 0 Å². The standard InChI is InChI=1S/C44H24OS/c1-2-13-27-25(11-1)23-35-28-14-7-8-20-36(28)45-44(35)43(27)41-31-17-5-3-15-29(31)40(30-16-4-6-18-32(30)41)34-24-26-12-9-21-37-39(26)42-33(34)19-10-22-38(42)46-37/h1-24H. The Labute approximate surface area is 267 Å². The van der Waals surface area contributed by atoms with Gasteiger partial charge in [0.05, 0.1) is 0 Å². The number of para-hydroxylation sites is 1. The molecular formula is C44H24OS. The Balaban J connectivity index is 1.37. The lowest BCUT2D eigenvalue weighted by Crippen LogP contribution is -1.93. The lowest BCUT2D eigenvalue weighted by atomic mass is 9.82. The van der Waals surface area contributed by atoms with E-state index < -0.39 is 0 Å². The quantitative estimate of drug-likeness (QED) is 0.142. The Kier molecular flexibility index (Phi) is 4.78. The van der Waals surface area contributed by atoms with Crippen molar-refractivity contribution >= 4 is 96.5 Å². The van der Waals surface area contributed by atoms with E-state index in [0.717, 1.165) is 27.5 Å². The number of rotatable bonds is 2. The molecule has 0 amide bonds. The van der Waals surface area contributed by atoms with Gasteiger partial charge in [-0.2, -0.15) is 0 Å². The summed E-state index contributed by atoms with van der Waals surface area (Å²) in [7, 11) is 0. The van der Waals surface area contributed by atoms with E-state index in [0.29, 0.717) is 0 Å². The van der Waals surface area contributed by atoms with Crippen molar-refractivity contribution in [3.05, 3.63) is 146 Å². The van der Waals surface area contributed by atoms with Crippen molar-refractivity contribution in [1.29, 1.82) is 0 Å². The van der Waals surface area contributed by atoms with Crippen LogP contribution in [-0.2, 0) is 0 Å². The Hall–Kier alpha value is -5.70. The minimum absolute atomic E-state index is 0.917. The van der Waals surface area contributed by atoms with Crippen LogP contribution in [0.4, 0.5) is 0 Å². The van der Waals surface area contributed by atoms with Crippen molar-refractivity contribution in [3.63, 3.8) is 0 Å². The van der Waals surface area contributed by atoms with Crippen molar-refractivity contribution in [3.8, 4) is 22.3 Å². The van der Waals surface area contributed by atoms with Gasteiger partial charge in [-0.3, -0.25) is 0 Å². The van der Waals surface area contributed by atoms with Crippen LogP contribution in [0.1, 0.15) is 0 Å². The van der Waals surface area contributed by atoms with Gasteiger partial charge in [-0.1, -0.05) is 115 Å². The molecule has 9 aromatic carbocycles. The first-order chi connectivity index (χ1) is 22.8. The zero-order chi connectivity index (χ0) is 29.9. The van der Waals surface area contributed by atoms with Gasteiger partial charge < -0.3 is 4.42 Å². The maximum absolute atomic E-state index is 6.78. The molecule has 0 aliphatic carbocycles. The molecule has 0 N–H and O–H groups in total. The van der Waals surface area contributed by atoms with Gasteiger partial charge in [0.1, 0.15) is 11.2 Å². The zero-order valence-electron chi connectivity index (χ0n) is 24.7. The molecule has 0 bridgehead atoms. The Morgan fingerprint density at radius 1 is 0.370 bits per heavy atom. The minimum atomic E-state index is 0.917. The number of fused-ring (bicyclic) bond motifs is 6. The van der Waals surface area contributed by atoms with Gasteiger partial charge in [0.25, 0.3) is 0 Å². The molecule has 0 fully saturated rings. The summed E-state index contributed by atoms with van der Waals surface area (Å²) in [5, 5.41) is 15.1. The molecule has 0 aliphatic rings. The summed E-state index contributed by atoms with van der Waals surface area (Å²) in [4.78, 5) is 0. The second kappa shape index (κ2) is 8.94. The van der Waals surface area contributed by atoms with Gasteiger partial charge in [0.15, 0.2) is 0 Å². The summed E-state index contributed by atoms with van der Waals surface area (Å²) in [5.41, 5.74) is 6.82. The number of hydrogen-bond donors (Lipinski definition) is 0. The molecule has 0 atom stereocenters. The monoisotopic (exact) mass is 600 g/mol. The van der Waals surface area contributed by atoms with Crippen LogP contribution in [0, 0.1) is 0 Å². The van der Waals surface area contributed by atoms with E-state index >= 15 is 0 Å². The molecule has 0 aliphatic heterocycles. The van der Waals surface area contributed by atoms with E-state index in [1.807, 2.05) is 11.3 Å². The smallest absolute Gasteiger partial charge is 0.143 e. The van der Waals surface area contributed by atoms with Crippen LogP contribution < -0.4 is 0 Å². The van der Waals surface area contributed by atoms with E-state index in [1.165, 1.54) is 80.0 Å². The van der Waals surface area contributed by atoms with Gasteiger partial charge >= 0.3 is 0 Å². The van der Waals surface area contributed by atoms with Gasteiger partial charge in [-0.05, 0) is 84.5 Å². The molecule has 0 saturated heterocycles. The minimum Gasteiger partial charge on any atom is -0.455 e. The third-order valence-electron chi connectivity index (χ3n) is 9.99. The van der Waals surface area contributed by atoms with Crippen LogP contribution >= 0.6 is 11.3 Å². The highest BCUT2D eigenvalue weighted by Gasteiger charge is 2.24. The number of hydrogen-bond acceptors (Lipinski definition) is 2. The molecule has 2 heterocycles. The lowest BCUT2D eigenvalue weighted by Gasteiger charge is -2.20. The van der Waals surface area contributed by atoms with Crippen LogP contribution in [0.5, 0.6) is 0 Å². The van der Waals surface area contributed by atoms with Crippen LogP contribution in [0.25, 0.3) is 107 Å². The molecule has 2 aromatic heterocycles. The highest BCUT2D eigenvalue weighted by Crippen LogP contribution is 2.51. The van der Waals surface area contributed by atoms with Crippen molar-refractivity contribution < 1.29 is 4.42 Å². The number of benzene rings is 9. The Bertz CT molecular complexity index is 2970. The van der Waals surface area contributed by atoms with Crippen LogP contribution in [-0.4, -0.2) is 0 Å². The maximum atomic E-state index is 6.78. The van der Waals surface area contributed by atoms with Gasteiger partial charge in [-0.15, -0.1) is 11.3 Å². The number of thiophene rings is 1. The van der Waals surface area contributed by atoms with Gasteiger partial charge in [-0.25, -0.2) is 0 Å². The number of furan rings is 1. The Morgan fingerprint density at radius 3 is 1.70 bits per heavy atom. The van der Waals surface area contributed by atoms with Crippen molar-refractivity contribution in [2.24, 2.45) is 0 Å². The first kappa shape index (κ1) is 24.6. The zero-order valence-corrected chi connectivity index (χ0v) is 25.5. The highest BCUT2D eigenvalue weighted by molar-refractivity contribution is 7.26. The summed E-state index contributed by atoms with van der Waals surface area (Å²) < 4.78 is 9.48. The molecule has 2 heteroatoms. The van der Waals surface area contributed by atoms with E-state index in [-0.39, 0.29) is 0 Å². The van der Waals surface area contributed by atoms with E-state index in [1.54, 1.807) is 0 Å². The average Bonchev–Trinajstić information content (AvgIpc) is 3.68. The third kappa shape index (κ3) is 3.14. The predicted octanol–water partition coefficient (Wildman–Crippen LogP) is 13.3. The molecular weight excluding hydrogens is 577 g/mol. The third-order valence-corrected chi connectivity index (χ3v) is 11.1. The fourth-order valence-corrected chi connectivity index (χ4v) is 9.30. The summed E-state index contributed by atoms with van der Waals surface area (Å²) in [6, 6.07) is 53.4. The van der Waals surface area contributed by atoms with E-state index in [2.05, 4.69) is 146 Å². The SMILES string of the molecule is c1ccc2c(-c3c4ccccc4c(-c4cc5cccc6sc7cccc4c7c56)c4ccccc34)c3oc4ccccc4c3cc2c1. The first-order valence-electron chi connectivity index (χ1n) is 15.8. The van der Waals surface area contributed by atoms with Gasteiger partial charge in [0.2, 0.25) is 0 Å². The first-order valence-corrected chi connectivity index (χ1v) is 16.6.